The van der Waals surface area contributed by atoms with Crippen LogP contribution in [0.5, 0.6) is 5.75 Å². The monoisotopic (exact) mass is 383 g/mol. The number of hydrogen-bond donors (Lipinski definition) is 0. The lowest BCUT2D eigenvalue weighted by atomic mass is 10.1. The first-order valence-electron chi connectivity index (χ1n) is 8.97. The Morgan fingerprint density at radius 2 is 1.32 bits per heavy atom. The number of carbonyl (C=O) groups excluding carboxylic acids is 1. The highest BCUT2D eigenvalue weighted by molar-refractivity contribution is 7.97. The maximum absolute atomic E-state index is 11.4. The maximum atomic E-state index is 11.4. The summed E-state index contributed by atoms with van der Waals surface area (Å²) in [5.41, 5.74) is 0. The molecular weight excluding hydrogens is 364 g/mol. The average Bonchev–Trinajstić information content (AvgIpc) is 2.76. The summed E-state index contributed by atoms with van der Waals surface area (Å²) in [6.07, 6.45) is 1.16. The topological polar surface area (TPSA) is 26.3 Å². The van der Waals surface area contributed by atoms with Gasteiger partial charge in [-0.25, -0.2) is 4.79 Å². The molecule has 0 saturated heterocycles. The second-order valence-corrected chi connectivity index (χ2v) is 8.25. The van der Waals surface area contributed by atoms with Crippen LogP contribution in [0.25, 0.3) is 10.8 Å². The molecule has 28 heavy (non-hydrogen) atoms. The third-order valence-corrected chi connectivity index (χ3v) is 6.59. The quantitative estimate of drug-likeness (QED) is 0.182. The van der Waals surface area contributed by atoms with Gasteiger partial charge in [0.25, 0.3) is 0 Å². The van der Waals surface area contributed by atoms with Gasteiger partial charge in [-0.2, -0.15) is 0 Å². The molecular formula is C25H19O2S+. The minimum Gasteiger partial charge on any atom is -0.423 e. The van der Waals surface area contributed by atoms with Gasteiger partial charge in [0.1, 0.15) is 5.75 Å². The molecule has 0 aromatic heterocycles. The van der Waals surface area contributed by atoms with E-state index < -0.39 is 5.97 Å². The second kappa shape index (κ2) is 8.15. The molecule has 0 aliphatic heterocycles. The third-order valence-electron chi connectivity index (χ3n) is 4.38. The van der Waals surface area contributed by atoms with Crippen molar-refractivity contribution in [3.8, 4) is 5.75 Å². The number of ether oxygens (including phenoxy) is 1. The first kappa shape index (κ1) is 18.1. The molecule has 0 radical (unpaired) electrons. The summed E-state index contributed by atoms with van der Waals surface area (Å²) >= 11 is 0. The molecule has 4 aromatic rings. The Labute approximate surface area is 167 Å². The van der Waals surface area contributed by atoms with E-state index in [9.17, 15) is 4.79 Å². The van der Waals surface area contributed by atoms with Crippen molar-refractivity contribution in [2.24, 2.45) is 0 Å². The van der Waals surface area contributed by atoms with E-state index in [-0.39, 0.29) is 10.9 Å². The van der Waals surface area contributed by atoms with Gasteiger partial charge < -0.3 is 4.74 Å². The SMILES string of the molecule is C=CC(=O)Oc1ccc([S+](c2ccccc2)c2ccc3ccccc3c2)cc1. The molecule has 1 atom stereocenters. The zero-order valence-corrected chi connectivity index (χ0v) is 16.1. The Balaban J connectivity index is 1.77. The summed E-state index contributed by atoms with van der Waals surface area (Å²) in [6, 6.07) is 33.2. The molecule has 0 amide bonds. The molecule has 136 valence electrons. The van der Waals surface area contributed by atoms with Gasteiger partial charge in [-0.15, -0.1) is 0 Å². The lowest BCUT2D eigenvalue weighted by molar-refractivity contribution is -0.128. The van der Waals surface area contributed by atoms with Crippen molar-refractivity contribution in [1.82, 2.24) is 0 Å². The fourth-order valence-corrected chi connectivity index (χ4v) is 5.16. The van der Waals surface area contributed by atoms with Gasteiger partial charge in [-0.05, 0) is 59.3 Å². The van der Waals surface area contributed by atoms with Gasteiger partial charge in [0.2, 0.25) is 0 Å². The van der Waals surface area contributed by atoms with E-state index in [1.807, 2.05) is 30.3 Å². The highest BCUT2D eigenvalue weighted by atomic mass is 32.2. The van der Waals surface area contributed by atoms with Crippen LogP contribution in [-0.2, 0) is 15.7 Å². The first-order valence-corrected chi connectivity index (χ1v) is 10.2. The van der Waals surface area contributed by atoms with E-state index in [0.717, 1.165) is 6.08 Å². The van der Waals surface area contributed by atoms with Crippen LogP contribution in [0.2, 0.25) is 0 Å². The second-order valence-electron chi connectivity index (χ2n) is 6.22. The van der Waals surface area contributed by atoms with Crippen molar-refractivity contribution in [2.75, 3.05) is 0 Å². The predicted molar refractivity (Wildman–Crippen MR) is 115 cm³/mol. The molecule has 0 fully saturated rings. The Morgan fingerprint density at radius 1 is 0.714 bits per heavy atom. The molecule has 0 bridgehead atoms. The summed E-state index contributed by atoms with van der Waals surface area (Å²) in [4.78, 5) is 15.1. The van der Waals surface area contributed by atoms with E-state index in [2.05, 4.69) is 73.3 Å². The predicted octanol–water partition coefficient (Wildman–Crippen LogP) is 6.03. The van der Waals surface area contributed by atoms with Crippen molar-refractivity contribution >= 4 is 27.6 Å². The van der Waals surface area contributed by atoms with E-state index >= 15 is 0 Å². The summed E-state index contributed by atoms with van der Waals surface area (Å²) in [5.74, 6) is 0.0631. The number of rotatable bonds is 5. The van der Waals surface area contributed by atoms with Crippen LogP contribution in [0, 0.1) is 0 Å². The summed E-state index contributed by atoms with van der Waals surface area (Å²) in [7, 11) is -0.254. The van der Waals surface area contributed by atoms with Crippen molar-refractivity contribution in [3.63, 3.8) is 0 Å². The number of fused-ring (bicyclic) bond motifs is 1. The smallest absolute Gasteiger partial charge is 0.335 e. The Hall–Kier alpha value is -3.30. The van der Waals surface area contributed by atoms with E-state index in [4.69, 9.17) is 4.74 Å². The van der Waals surface area contributed by atoms with Crippen LogP contribution in [0.4, 0.5) is 0 Å². The highest BCUT2D eigenvalue weighted by Gasteiger charge is 2.28. The summed E-state index contributed by atoms with van der Waals surface area (Å²) in [5, 5.41) is 2.46. The van der Waals surface area contributed by atoms with Crippen molar-refractivity contribution in [2.45, 2.75) is 14.7 Å². The third kappa shape index (κ3) is 3.85. The number of hydrogen-bond acceptors (Lipinski definition) is 2. The lowest BCUT2D eigenvalue weighted by Crippen LogP contribution is -2.06. The largest absolute Gasteiger partial charge is 0.423 e. The first-order chi connectivity index (χ1) is 13.7. The molecule has 0 aliphatic rings. The van der Waals surface area contributed by atoms with Crippen LogP contribution in [0.1, 0.15) is 0 Å². The number of benzene rings is 4. The fourth-order valence-electron chi connectivity index (χ4n) is 3.06. The van der Waals surface area contributed by atoms with Crippen LogP contribution in [0.15, 0.2) is 124 Å². The normalized spacial score (nSPS) is 11.7. The van der Waals surface area contributed by atoms with Gasteiger partial charge in [-0.1, -0.05) is 49.0 Å². The van der Waals surface area contributed by atoms with E-state index in [1.54, 1.807) is 0 Å². The summed E-state index contributed by atoms with van der Waals surface area (Å²) < 4.78 is 5.21. The van der Waals surface area contributed by atoms with Gasteiger partial charge in [0.15, 0.2) is 14.7 Å². The Kier molecular flexibility index (Phi) is 5.27. The molecule has 0 spiro atoms. The molecule has 0 aliphatic carbocycles. The molecule has 2 nitrogen and oxygen atoms in total. The van der Waals surface area contributed by atoms with Crippen LogP contribution >= 0.6 is 0 Å². The van der Waals surface area contributed by atoms with Crippen molar-refractivity contribution < 1.29 is 9.53 Å². The minimum absolute atomic E-state index is 0.254. The number of esters is 1. The molecule has 1 unspecified atom stereocenters. The molecule has 0 heterocycles. The van der Waals surface area contributed by atoms with Crippen LogP contribution in [-0.4, -0.2) is 5.97 Å². The van der Waals surface area contributed by atoms with Crippen molar-refractivity contribution in [3.05, 3.63) is 110 Å². The Bertz CT molecular complexity index is 1120. The van der Waals surface area contributed by atoms with Crippen molar-refractivity contribution in [1.29, 1.82) is 0 Å². The van der Waals surface area contributed by atoms with Gasteiger partial charge in [0.05, 0.1) is 10.9 Å². The number of carbonyl (C=O) groups is 1. The maximum Gasteiger partial charge on any atom is 0.335 e. The highest BCUT2D eigenvalue weighted by Crippen LogP contribution is 2.33. The van der Waals surface area contributed by atoms with Crippen LogP contribution in [0.3, 0.4) is 0 Å². The minimum atomic E-state index is -0.454. The lowest BCUT2D eigenvalue weighted by Gasteiger charge is -2.09. The van der Waals surface area contributed by atoms with Gasteiger partial charge in [0, 0.05) is 12.1 Å². The van der Waals surface area contributed by atoms with Gasteiger partial charge >= 0.3 is 5.97 Å². The fraction of sp³-hybridized carbons (Fsp3) is 0. The molecule has 0 saturated carbocycles. The van der Waals surface area contributed by atoms with Gasteiger partial charge in [-0.3, -0.25) is 0 Å². The molecule has 4 rings (SSSR count). The zero-order chi connectivity index (χ0) is 19.3. The van der Waals surface area contributed by atoms with E-state index in [0.29, 0.717) is 5.75 Å². The molecule has 3 heteroatoms. The van der Waals surface area contributed by atoms with Crippen LogP contribution < -0.4 is 4.74 Å². The van der Waals surface area contributed by atoms with E-state index in [1.165, 1.54) is 25.5 Å². The average molecular weight is 383 g/mol. The molecule has 4 aromatic carbocycles. The standard InChI is InChI=1S/C25H19O2S/c1-2-25(26)27-21-13-16-23(17-14-21)28(22-10-4-3-5-11-22)24-15-12-19-8-6-7-9-20(19)18-24/h2-18H,1H2/q+1. The zero-order valence-electron chi connectivity index (χ0n) is 15.2. The Morgan fingerprint density at radius 3 is 2.04 bits per heavy atom. The summed E-state index contributed by atoms with van der Waals surface area (Å²) in [6.45, 7) is 3.43. The molecule has 0 N–H and O–H groups in total.